The third-order valence-corrected chi connectivity index (χ3v) is 4.12. The molecule has 1 aromatic carbocycles. The average Bonchev–Trinajstić information content (AvgIpc) is 2.98. The van der Waals surface area contributed by atoms with Crippen molar-refractivity contribution in [1.29, 1.82) is 0 Å². The first-order valence-corrected chi connectivity index (χ1v) is 8.33. The molecule has 0 aliphatic carbocycles. The summed E-state index contributed by atoms with van der Waals surface area (Å²) in [6.07, 6.45) is 1.85. The lowest BCUT2D eigenvalue weighted by Crippen LogP contribution is -2.28. The molecular formula is C19H21N3O3. The maximum atomic E-state index is 12.4. The molecule has 1 N–H and O–H groups in total. The zero-order valence-electron chi connectivity index (χ0n) is 14.4. The highest BCUT2D eigenvalue weighted by molar-refractivity contribution is 6.03. The van der Waals surface area contributed by atoms with E-state index in [1.807, 2.05) is 44.2 Å². The molecule has 0 spiro atoms. The van der Waals surface area contributed by atoms with Crippen molar-refractivity contribution in [2.45, 2.75) is 20.3 Å². The largest absolute Gasteiger partial charge is 0.494 e. The Labute approximate surface area is 146 Å². The minimum absolute atomic E-state index is 0.0542. The Balaban J connectivity index is 1.66. The summed E-state index contributed by atoms with van der Waals surface area (Å²) < 4.78 is 5.41. The number of hydrogen-bond acceptors (Lipinski definition) is 4. The van der Waals surface area contributed by atoms with Gasteiger partial charge in [0.25, 0.3) is 0 Å². The second-order valence-electron chi connectivity index (χ2n) is 6.04. The van der Waals surface area contributed by atoms with Gasteiger partial charge in [0.2, 0.25) is 11.8 Å². The monoisotopic (exact) mass is 339 g/mol. The summed E-state index contributed by atoms with van der Waals surface area (Å²) in [6.45, 7) is 4.82. The van der Waals surface area contributed by atoms with E-state index in [4.69, 9.17) is 4.74 Å². The van der Waals surface area contributed by atoms with Gasteiger partial charge in [-0.1, -0.05) is 0 Å². The number of amides is 2. The maximum Gasteiger partial charge on any atom is 0.230 e. The lowest BCUT2D eigenvalue weighted by Gasteiger charge is -2.17. The van der Waals surface area contributed by atoms with E-state index in [0.29, 0.717) is 19.0 Å². The van der Waals surface area contributed by atoms with Crippen LogP contribution in [0.3, 0.4) is 0 Å². The molecular weight excluding hydrogens is 318 g/mol. The van der Waals surface area contributed by atoms with Crippen molar-refractivity contribution < 1.29 is 14.3 Å². The number of ether oxygens (including phenoxy) is 1. The van der Waals surface area contributed by atoms with E-state index in [1.54, 1.807) is 17.2 Å². The molecule has 25 heavy (non-hydrogen) atoms. The van der Waals surface area contributed by atoms with Gasteiger partial charge in [0.1, 0.15) is 11.6 Å². The Bertz CT molecular complexity index is 774. The minimum atomic E-state index is -0.388. The summed E-state index contributed by atoms with van der Waals surface area (Å²) in [6, 6.07) is 11.0. The number of nitrogens with one attached hydrogen (secondary N) is 1. The van der Waals surface area contributed by atoms with Crippen LogP contribution in [0.15, 0.2) is 42.6 Å². The Hall–Kier alpha value is -2.89. The number of anilines is 2. The first-order chi connectivity index (χ1) is 12.1. The molecule has 2 aromatic rings. The topological polar surface area (TPSA) is 71.5 Å². The number of benzene rings is 1. The average molecular weight is 339 g/mol. The van der Waals surface area contributed by atoms with E-state index < -0.39 is 0 Å². The van der Waals surface area contributed by atoms with Crippen molar-refractivity contribution in [2.24, 2.45) is 5.92 Å². The zero-order valence-corrected chi connectivity index (χ0v) is 14.4. The summed E-state index contributed by atoms with van der Waals surface area (Å²) in [4.78, 5) is 30.5. The molecule has 1 saturated heterocycles. The quantitative estimate of drug-likeness (QED) is 0.909. The molecule has 6 nitrogen and oxygen atoms in total. The van der Waals surface area contributed by atoms with Crippen LogP contribution in [0.1, 0.15) is 18.9 Å². The second-order valence-corrected chi connectivity index (χ2v) is 6.04. The molecule has 130 valence electrons. The highest BCUT2D eigenvalue weighted by atomic mass is 16.5. The van der Waals surface area contributed by atoms with Crippen molar-refractivity contribution in [3.63, 3.8) is 0 Å². The van der Waals surface area contributed by atoms with Gasteiger partial charge in [-0.25, -0.2) is 4.98 Å². The van der Waals surface area contributed by atoms with E-state index in [0.717, 1.165) is 17.0 Å². The molecule has 1 fully saturated rings. The predicted octanol–water partition coefficient (Wildman–Crippen LogP) is 2.78. The van der Waals surface area contributed by atoms with Crippen molar-refractivity contribution >= 4 is 23.3 Å². The number of pyridine rings is 1. The lowest BCUT2D eigenvalue weighted by atomic mass is 10.1. The van der Waals surface area contributed by atoms with E-state index in [-0.39, 0.29) is 24.2 Å². The summed E-state index contributed by atoms with van der Waals surface area (Å²) in [5.74, 6) is 0.650. The van der Waals surface area contributed by atoms with Gasteiger partial charge < -0.3 is 15.0 Å². The fourth-order valence-electron chi connectivity index (χ4n) is 2.85. The van der Waals surface area contributed by atoms with Crippen LogP contribution in [0.2, 0.25) is 0 Å². The van der Waals surface area contributed by atoms with Crippen LogP contribution >= 0.6 is 0 Å². The molecule has 1 aliphatic rings. The predicted molar refractivity (Wildman–Crippen MR) is 95.7 cm³/mol. The third-order valence-electron chi connectivity index (χ3n) is 4.12. The van der Waals surface area contributed by atoms with Gasteiger partial charge in [-0.15, -0.1) is 0 Å². The van der Waals surface area contributed by atoms with Crippen LogP contribution < -0.4 is 15.0 Å². The van der Waals surface area contributed by atoms with Crippen LogP contribution in [-0.4, -0.2) is 29.9 Å². The third kappa shape index (κ3) is 3.96. The number of carbonyl (C=O) groups is 2. The standard InChI is InChI=1S/C19H21N3O3/c1-3-25-16-6-4-15(5-7-16)22-12-14(11-18(22)23)19(24)21-17-10-13(2)8-9-20-17/h4-10,14H,3,11-12H2,1-2H3,(H,20,21,24)/t14-/m0/s1. The number of nitrogens with zero attached hydrogens (tertiary/aromatic N) is 2. The fraction of sp³-hybridized carbons (Fsp3) is 0.316. The lowest BCUT2D eigenvalue weighted by molar-refractivity contribution is -0.122. The van der Waals surface area contributed by atoms with Crippen molar-refractivity contribution in [2.75, 3.05) is 23.4 Å². The highest BCUT2D eigenvalue weighted by Gasteiger charge is 2.35. The Morgan fingerprint density at radius 1 is 1.32 bits per heavy atom. The molecule has 1 aromatic heterocycles. The minimum Gasteiger partial charge on any atom is -0.494 e. The van der Waals surface area contributed by atoms with Crippen LogP contribution in [0.4, 0.5) is 11.5 Å². The SMILES string of the molecule is CCOc1ccc(N2C[C@@H](C(=O)Nc3cc(C)ccn3)CC2=O)cc1. The molecule has 6 heteroatoms. The zero-order chi connectivity index (χ0) is 17.8. The van der Waals surface area contributed by atoms with Gasteiger partial charge in [0.15, 0.2) is 0 Å². The molecule has 0 saturated carbocycles. The van der Waals surface area contributed by atoms with Gasteiger partial charge in [-0.2, -0.15) is 0 Å². The van der Waals surface area contributed by atoms with Crippen LogP contribution in [-0.2, 0) is 9.59 Å². The number of rotatable bonds is 5. The number of hydrogen-bond donors (Lipinski definition) is 1. The summed E-state index contributed by atoms with van der Waals surface area (Å²) in [5.41, 5.74) is 1.79. The van der Waals surface area contributed by atoms with Gasteiger partial charge in [0.05, 0.1) is 12.5 Å². The van der Waals surface area contributed by atoms with Crippen LogP contribution in [0, 0.1) is 12.8 Å². The normalized spacial score (nSPS) is 16.8. The van der Waals surface area contributed by atoms with Gasteiger partial charge in [0, 0.05) is 24.8 Å². The molecule has 0 unspecified atom stereocenters. The van der Waals surface area contributed by atoms with E-state index in [1.165, 1.54) is 0 Å². The summed E-state index contributed by atoms with van der Waals surface area (Å²) in [7, 11) is 0. The van der Waals surface area contributed by atoms with Crippen molar-refractivity contribution in [3.8, 4) is 5.75 Å². The van der Waals surface area contributed by atoms with Crippen molar-refractivity contribution in [3.05, 3.63) is 48.2 Å². The molecule has 2 heterocycles. The Kier molecular flexibility index (Phi) is 4.97. The fourth-order valence-corrected chi connectivity index (χ4v) is 2.85. The molecule has 1 atom stereocenters. The van der Waals surface area contributed by atoms with Gasteiger partial charge in [-0.3, -0.25) is 9.59 Å². The number of aromatic nitrogens is 1. The summed E-state index contributed by atoms with van der Waals surface area (Å²) >= 11 is 0. The van der Waals surface area contributed by atoms with Crippen LogP contribution in [0.5, 0.6) is 5.75 Å². The summed E-state index contributed by atoms with van der Waals surface area (Å²) in [5, 5.41) is 2.79. The van der Waals surface area contributed by atoms with Gasteiger partial charge >= 0.3 is 0 Å². The first-order valence-electron chi connectivity index (χ1n) is 8.33. The Morgan fingerprint density at radius 3 is 2.76 bits per heavy atom. The number of carbonyl (C=O) groups excluding carboxylic acids is 2. The second kappa shape index (κ2) is 7.34. The Morgan fingerprint density at radius 2 is 2.08 bits per heavy atom. The van der Waals surface area contributed by atoms with Crippen LogP contribution in [0.25, 0.3) is 0 Å². The van der Waals surface area contributed by atoms with E-state index in [9.17, 15) is 9.59 Å². The molecule has 0 radical (unpaired) electrons. The van der Waals surface area contributed by atoms with Gasteiger partial charge in [-0.05, 0) is 55.8 Å². The van der Waals surface area contributed by atoms with E-state index in [2.05, 4.69) is 10.3 Å². The smallest absolute Gasteiger partial charge is 0.230 e. The molecule has 0 bridgehead atoms. The van der Waals surface area contributed by atoms with E-state index >= 15 is 0 Å². The maximum absolute atomic E-state index is 12.4. The van der Waals surface area contributed by atoms with Crippen molar-refractivity contribution in [1.82, 2.24) is 4.98 Å². The molecule has 3 rings (SSSR count). The first kappa shape index (κ1) is 17.0. The number of aryl methyl sites for hydroxylation is 1. The highest BCUT2D eigenvalue weighted by Crippen LogP contribution is 2.27. The molecule has 1 aliphatic heterocycles. The molecule has 2 amide bonds.